The number of hydrogen-bond acceptors (Lipinski definition) is 6. The largest absolute Gasteiger partial charge is 0.466 e. The third kappa shape index (κ3) is 5.06. The second-order valence-corrected chi connectivity index (χ2v) is 9.16. The minimum atomic E-state index is -0.276. The van der Waals surface area contributed by atoms with Crippen molar-refractivity contribution in [3.63, 3.8) is 0 Å². The average Bonchev–Trinajstić information content (AvgIpc) is 3.06. The third-order valence-corrected chi connectivity index (χ3v) is 7.01. The lowest BCUT2D eigenvalue weighted by atomic mass is 9.82. The van der Waals surface area contributed by atoms with E-state index >= 15 is 0 Å². The lowest BCUT2D eigenvalue weighted by Gasteiger charge is -2.31. The Labute approximate surface area is 199 Å². The van der Waals surface area contributed by atoms with E-state index in [-0.39, 0.29) is 23.6 Å². The molecule has 0 atom stereocenters. The highest BCUT2D eigenvalue weighted by molar-refractivity contribution is 5.98. The number of aromatic nitrogens is 2. The van der Waals surface area contributed by atoms with Crippen molar-refractivity contribution in [3.05, 3.63) is 22.6 Å². The summed E-state index contributed by atoms with van der Waals surface area (Å²) in [6.07, 6.45) is 3.38. The molecule has 10 nitrogen and oxygen atoms in total. The molecule has 1 aliphatic heterocycles. The van der Waals surface area contributed by atoms with Crippen molar-refractivity contribution in [2.45, 2.75) is 32.6 Å². The molecule has 2 amide bonds. The molecule has 1 aromatic carbocycles. The number of esters is 1. The van der Waals surface area contributed by atoms with Gasteiger partial charge in [-0.05, 0) is 50.7 Å². The number of morpholine rings is 1. The fraction of sp³-hybridized carbons (Fsp3) is 0.625. The molecule has 34 heavy (non-hydrogen) atoms. The summed E-state index contributed by atoms with van der Waals surface area (Å²) in [6.45, 7) is 5.46. The number of anilines is 2. The zero-order chi connectivity index (χ0) is 24.2. The minimum Gasteiger partial charge on any atom is -0.466 e. The van der Waals surface area contributed by atoms with E-state index in [1.54, 1.807) is 23.2 Å². The van der Waals surface area contributed by atoms with Crippen LogP contribution < -0.4 is 21.2 Å². The molecule has 4 rings (SSSR count). The van der Waals surface area contributed by atoms with Crippen LogP contribution in [-0.4, -0.2) is 60.6 Å². The van der Waals surface area contributed by atoms with Crippen molar-refractivity contribution in [2.24, 2.45) is 25.9 Å². The van der Waals surface area contributed by atoms with Crippen molar-refractivity contribution in [1.29, 1.82) is 0 Å². The van der Waals surface area contributed by atoms with Gasteiger partial charge >= 0.3 is 17.7 Å². The zero-order valence-electron chi connectivity index (χ0n) is 20.3. The Bertz CT molecular complexity index is 1090. The van der Waals surface area contributed by atoms with Crippen molar-refractivity contribution in [1.82, 2.24) is 14.5 Å². The van der Waals surface area contributed by atoms with E-state index < -0.39 is 0 Å². The van der Waals surface area contributed by atoms with Gasteiger partial charge in [-0.25, -0.2) is 9.59 Å². The van der Waals surface area contributed by atoms with Crippen LogP contribution in [-0.2, 0) is 28.4 Å². The number of ether oxygens (including phenoxy) is 2. The van der Waals surface area contributed by atoms with Crippen molar-refractivity contribution < 1.29 is 19.1 Å². The van der Waals surface area contributed by atoms with Crippen LogP contribution in [0.5, 0.6) is 0 Å². The number of nitrogens with zero attached hydrogens (tertiary/aromatic N) is 3. The summed E-state index contributed by atoms with van der Waals surface area (Å²) < 4.78 is 13.8. The van der Waals surface area contributed by atoms with Gasteiger partial charge in [0, 0.05) is 33.7 Å². The number of hydrogen-bond donors (Lipinski definition) is 2. The molecule has 1 aromatic heterocycles. The quantitative estimate of drug-likeness (QED) is 0.623. The van der Waals surface area contributed by atoms with Gasteiger partial charge in [0.25, 0.3) is 0 Å². The summed E-state index contributed by atoms with van der Waals surface area (Å²) in [5.74, 6) is 0.214. The summed E-state index contributed by atoms with van der Waals surface area (Å²) in [6, 6.07) is 3.56. The lowest BCUT2D eigenvalue weighted by Crippen LogP contribution is -2.38. The Hall–Kier alpha value is -3.01. The second-order valence-electron chi connectivity index (χ2n) is 9.16. The summed E-state index contributed by atoms with van der Waals surface area (Å²) in [5.41, 5.74) is 3.01. The Morgan fingerprint density at radius 3 is 2.35 bits per heavy atom. The van der Waals surface area contributed by atoms with Crippen molar-refractivity contribution in [2.75, 3.05) is 49.7 Å². The molecule has 0 unspecified atom stereocenters. The molecule has 186 valence electrons. The molecule has 1 aliphatic carbocycles. The van der Waals surface area contributed by atoms with E-state index in [0.29, 0.717) is 51.1 Å². The first-order valence-corrected chi connectivity index (χ1v) is 12.1. The van der Waals surface area contributed by atoms with Crippen LogP contribution in [0.15, 0.2) is 16.9 Å². The molecular weight excluding hydrogens is 438 g/mol. The number of aryl methyl sites for hydroxylation is 2. The first kappa shape index (κ1) is 24.1. The number of benzene rings is 1. The molecule has 0 spiro atoms. The van der Waals surface area contributed by atoms with Crippen LogP contribution in [0.3, 0.4) is 0 Å². The Kier molecular flexibility index (Phi) is 7.45. The average molecular weight is 474 g/mol. The van der Waals surface area contributed by atoms with Gasteiger partial charge in [-0.15, -0.1) is 0 Å². The Morgan fingerprint density at radius 1 is 1.06 bits per heavy atom. The van der Waals surface area contributed by atoms with Crippen LogP contribution in [0.25, 0.3) is 11.0 Å². The fourth-order valence-corrected chi connectivity index (χ4v) is 4.97. The number of imidazole rings is 1. The van der Waals surface area contributed by atoms with E-state index in [0.717, 1.165) is 42.4 Å². The van der Waals surface area contributed by atoms with Crippen LogP contribution in [0.1, 0.15) is 32.6 Å². The van der Waals surface area contributed by atoms with Gasteiger partial charge < -0.3 is 25.0 Å². The van der Waals surface area contributed by atoms with E-state index in [4.69, 9.17) is 9.47 Å². The molecule has 2 aromatic rings. The highest BCUT2D eigenvalue weighted by Crippen LogP contribution is 2.32. The normalized spacial score (nSPS) is 20.9. The van der Waals surface area contributed by atoms with E-state index in [9.17, 15) is 14.4 Å². The van der Waals surface area contributed by atoms with Gasteiger partial charge in [0.15, 0.2) is 0 Å². The molecule has 0 bridgehead atoms. The maximum Gasteiger partial charge on any atom is 0.328 e. The SMILES string of the molecule is CCOC(=O)C1CCC(CNC(=O)Nc2cc3c(cc2N2CCOCC2)n(C)c(=O)n3C)CC1. The summed E-state index contributed by atoms with van der Waals surface area (Å²) >= 11 is 0. The number of urea groups is 1. The lowest BCUT2D eigenvalue weighted by molar-refractivity contribution is -0.149. The first-order valence-electron chi connectivity index (χ1n) is 12.1. The monoisotopic (exact) mass is 473 g/mol. The number of carbonyl (C=O) groups excluding carboxylic acids is 2. The topological polar surface area (TPSA) is 107 Å². The summed E-state index contributed by atoms with van der Waals surface area (Å²) in [7, 11) is 3.49. The Morgan fingerprint density at radius 2 is 1.71 bits per heavy atom. The molecule has 2 fully saturated rings. The predicted molar refractivity (Wildman–Crippen MR) is 130 cm³/mol. The van der Waals surface area contributed by atoms with Crippen LogP contribution in [0, 0.1) is 11.8 Å². The van der Waals surface area contributed by atoms with Gasteiger partial charge in [0.2, 0.25) is 0 Å². The fourth-order valence-electron chi connectivity index (χ4n) is 4.97. The van der Waals surface area contributed by atoms with Gasteiger partial charge in [-0.1, -0.05) is 0 Å². The molecule has 0 radical (unpaired) electrons. The van der Waals surface area contributed by atoms with Crippen LogP contribution >= 0.6 is 0 Å². The molecule has 2 N–H and O–H groups in total. The van der Waals surface area contributed by atoms with Crippen molar-refractivity contribution in [3.8, 4) is 0 Å². The summed E-state index contributed by atoms with van der Waals surface area (Å²) in [4.78, 5) is 39.4. The van der Waals surface area contributed by atoms with Crippen molar-refractivity contribution >= 4 is 34.4 Å². The zero-order valence-corrected chi connectivity index (χ0v) is 20.3. The molecular formula is C24H35N5O5. The predicted octanol–water partition coefficient (Wildman–Crippen LogP) is 2.20. The molecule has 10 heteroatoms. The Balaban J connectivity index is 1.43. The standard InChI is InChI=1S/C24H35N5O5/c1-4-34-22(30)17-7-5-16(6-8-17)15-25-23(31)26-18-13-20-21(28(3)24(32)27(20)2)14-19(18)29-9-11-33-12-10-29/h13-14,16-17H,4-12,15H2,1-3H3,(H2,25,26,31). The van der Waals surface area contributed by atoms with Gasteiger partial charge in [0.1, 0.15) is 0 Å². The maximum absolute atomic E-state index is 12.8. The maximum atomic E-state index is 12.8. The summed E-state index contributed by atoms with van der Waals surface area (Å²) in [5, 5.41) is 6.00. The molecule has 2 aliphatic rings. The second kappa shape index (κ2) is 10.5. The van der Waals surface area contributed by atoms with E-state index in [1.165, 1.54) is 0 Å². The van der Waals surface area contributed by atoms with E-state index in [2.05, 4.69) is 15.5 Å². The van der Waals surface area contributed by atoms with Gasteiger partial charge in [0.05, 0.1) is 48.1 Å². The number of rotatable bonds is 6. The minimum absolute atomic E-state index is 0.0228. The third-order valence-electron chi connectivity index (χ3n) is 7.01. The van der Waals surface area contributed by atoms with Gasteiger partial charge in [-0.3, -0.25) is 13.9 Å². The highest BCUT2D eigenvalue weighted by atomic mass is 16.5. The van der Waals surface area contributed by atoms with E-state index in [1.807, 2.05) is 19.1 Å². The molecule has 1 saturated carbocycles. The molecule has 1 saturated heterocycles. The van der Waals surface area contributed by atoms with Gasteiger partial charge in [-0.2, -0.15) is 0 Å². The number of fused-ring (bicyclic) bond motifs is 1. The highest BCUT2D eigenvalue weighted by Gasteiger charge is 2.27. The van der Waals surface area contributed by atoms with Crippen LogP contribution in [0.2, 0.25) is 0 Å². The number of nitrogens with one attached hydrogen (secondary N) is 2. The molecule has 2 heterocycles. The smallest absolute Gasteiger partial charge is 0.328 e. The first-order chi connectivity index (χ1) is 16.4. The van der Waals surface area contributed by atoms with Crippen LogP contribution in [0.4, 0.5) is 16.2 Å². The number of carbonyl (C=O) groups is 2. The number of amides is 2.